The van der Waals surface area contributed by atoms with Gasteiger partial charge < -0.3 is 0 Å². The van der Waals surface area contributed by atoms with Gasteiger partial charge in [0.2, 0.25) is 0 Å². The minimum Gasteiger partial charge on any atom is -0.263 e. The van der Waals surface area contributed by atoms with Crippen molar-refractivity contribution in [3.05, 3.63) is 5.82 Å². The number of unbranched alkanes of at least 4 members (excludes halogenated alkanes) is 1. The van der Waals surface area contributed by atoms with Crippen molar-refractivity contribution in [3.8, 4) is 0 Å². The average molecular weight is 308 g/mol. The first-order chi connectivity index (χ1) is 10.5. The third-order valence-electron chi connectivity index (χ3n) is 3.31. The molecule has 0 unspecified atom stereocenters. The van der Waals surface area contributed by atoms with Crippen molar-refractivity contribution in [2.24, 2.45) is 5.92 Å². The summed E-state index contributed by atoms with van der Waals surface area (Å²) < 4.78 is 1.56. The molecule has 0 aromatic carbocycles. The number of hydrogen-bond acceptors (Lipinski definition) is 6. The number of urea groups is 1. The topological polar surface area (TPSA) is 101 Å². The number of rotatable bonds is 7. The molecule has 0 radical (unpaired) electrons. The normalized spacial score (nSPS) is 15.5. The van der Waals surface area contributed by atoms with E-state index in [1.807, 2.05) is 20.8 Å². The van der Waals surface area contributed by atoms with Crippen LogP contribution in [0.4, 0.5) is 4.79 Å². The standard InChI is InChI=1S/C13H20N6O3/c1-4-5-6-19-10(14-15-16-19)8-18-12(21)11(20)17(13(18)22)7-9(2)3/h9H,4-8H2,1-3H3. The maximum Gasteiger partial charge on any atom is 0.334 e. The molecule has 120 valence electrons. The molecule has 4 amide bonds. The number of hydrogen-bond donors (Lipinski definition) is 0. The Morgan fingerprint density at radius 1 is 1.09 bits per heavy atom. The van der Waals surface area contributed by atoms with Crippen LogP contribution >= 0.6 is 0 Å². The quantitative estimate of drug-likeness (QED) is 0.534. The Hall–Kier alpha value is -2.32. The molecule has 1 aliphatic rings. The Balaban J connectivity index is 2.13. The first-order valence-corrected chi connectivity index (χ1v) is 7.38. The fraction of sp³-hybridized carbons (Fsp3) is 0.692. The Morgan fingerprint density at radius 3 is 2.41 bits per heavy atom. The SMILES string of the molecule is CCCCn1nnnc1CN1C(=O)C(=O)N(CC(C)C)C1=O. The molecule has 9 nitrogen and oxygen atoms in total. The van der Waals surface area contributed by atoms with Crippen molar-refractivity contribution in [1.29, 1.82) is 0 Å². The second-order valence-corrected chi connectivity index (χ2v) is 5.66. The van der Waals surface area contributed by atoms with E-state index in [4.69, 9.17) is 0 Å². The summed E-state index contributed by atoms with van der Waals surface area (Å²) in [5.41, 5.74) is 0. The highest BCUT2D eigenvalue weighted by molar-refractivity contribution is 6.44. The molecule has 2 rings (SSSR count). The molecule has 0 spiro atoms. The van der Waals surface area contributed by atoms with Gasteiger partial charge in [0, 0.05) is 13.1 Å². The van der Waals surface area contributed by atoms with Crippen molar-refractivity contribution in [3.63, 3.8) is 0 Å². The van der Waals surface area contributed by atoms with Gasteiger partial charge in [0.15, 0.2) is 5.82 Å². The predicted molar refractivity (Wildman–Crippen MR) is 75.2 cm³/mol. The summed E-state index contributed by atoms with van der Waals surface area (Å²) in [6.07, 6.45) is 1.86. The molecular formula is C13H20N6O3. The first kappa shape index (κ1) is 16.1. The highest BCUT2D eigenvalue weighted by Gasteiger charge is 2.45. The van der Waals surface area contributed by atoms with Crippen LogP contribution in [0.1, 0.15) is 39.4 Å². The Kier molecular flexibility index (Phi) is 4.84. The van der Waals surface area contributed by atoms with Crippen LogP contribution in [-0.4, -0.2) is 54.4 Å². The van der Waals surface area contributed by atoms with Gasteiger partial charge in [-0.1, -0.05) is 27.2 Å². The van der Waals surface area contributed by atoms with Crippen LogP contribution in [0.5, 0.6) is 0 Å². The van der Waals surface area contributed by atoms with Gasteiger partial charge in [-0.2, -0.15) is 0 Å². The Labute approximate surface area is 128 Å². The van der Waals surface area contributed by atoms with Gasteiger partial charge in [-0.15, -0.1) is 5.10 Å². The molecule has 9 heteroatoms. The summed E-state index contributed by atoms with van der Waals surface area (Å²) >= 11 is 0. The van der Waals surface area contributed by atoms with Gasteiger partial charge in [0.05, 0.1) is 6.54 Å². The van der Waals surface area contributed by atoms with Gasteiger partial charge in [-0.05, 0) is 22.8 Å². The summed E-state index contributed by atoms with van der Waals surface area (Å²) in [7, 11) is 0. The fourth-order valence-electron chi connectivity index (χ4n) is 2.18. The first-order valence-electron chi connectivity index (χ1n) is 7.38. The van der Waals surface area contributed by atoms with E-state index in [1.54, 1.807) is 4.68 Å². The second-order valence-electron chi connectivity index (χ2n) is 5.66. The number of tetrazole rings is 1. The van der Waals surface area contributed by atoms with Gasteiger partial charge in [0.1, 0.15) is 0 Å². The fourth-order valence-corrected chi connectivity index (χ4v) is 2.18. The van der Waals surface area contributed by atoms with Gasteiger partial charge >= 0.3 is 17.8 Å². The maximum atomic E-state index is 12.2. The number of imide groups is 2. The molecule has 1 saturated heterocycles. The number of carbonyl (C=O) groups is 3. The third-order valence-corrected chi connectivity index (χ3v) is 3.31. The molecular weight excluding hydrogens is 288 g/mol. The summed E-state index contributed by atoms with van der Waals surface area (Å²) in [4.78, 5) is 38.0. The van der Waals surface area contributed by atoms with E-state index in [9.17, 15) is 14.4 Å². The third kappa shape index (κ3) is 3.12. The van der Waals surface area contributed by atoms with Gasteiger partial charge in [0.25, 0.3) is 0 Å². The van der Waals surface area contributed by atoms with E-state index in [0.717, 1.165) is 22.6 Å². The number of aryl methyl sites for hydroxylation is 1. The highest BCUT2D eigenvalue weighted by Crippen LogP contribution is 2.16. The largest absolute Gasteiger partial charge is 0.334 e. The minimum absolute atomic E-state index is 0.0886. The zero-order valence-corrected chi connectivity index (χ0v) is 13.0. The lowest BCUT2D eigenvalue weighted by atomic mass is 10.2. The molecule has 22 heavy (non-hydrogen) atoms. The zero-order valence-electron chi connectivity index (χ0n) is 13.0. The zero-order chi connectivity index (χ0) is 16.3. The molecule has 1 aromatic heterocycles. The van der Waals surface area contributed by atoms with Crippen LogP contribution < -0.4 is 0 Å². The predicted octanol–water partition coefficient (Wildman–Crippen LogP) is 0.420. The summed E-state index contributed by atoms with van der Waals surface area (Å²) in [5.74, 6) is -1.12. The van der Waals surface area contributed by atoms with Crippen molar-refractivity contribution in [1.82, 2.24) is 30.0 Å². The molecule has 0 bridgehead atoms. The number of amides is 4. The van der Waals surface area contributed by atoms with Crippen molar-refractivity contribution >= 4 is 17.8 Å². The van der Waals surface area contributed by atoms with E-state index >= 15 is 0 Å². The maximum absolute atomic E-state index is 12.2. The monoisotopic (exact) mass is 308 g/mol. The van der Waals surface area contributed by atoms with Gasteiger partial charge in [-0.3, -0.25) is 14.5 Å². The van der Waals surface area contributed by atoms with Crippen LogP contribution in [0.3, 0.4) is 0 Å². The lowest BCUT2D eigenvalue weighted by Gasteiger charge is -2.16. The lowest BCUT2D eigenvalue weighted by molar-refractivity contribution is -0.143. The van der Waals surface area contributed by atoms with Crippen LogP contribution in [-0.2, 0) is 22.7 Å². The molecule has 2 heterocycles. The number of nitrogens with zero attached hydrogens (tertiary/aromatic N) is 6. The second kappa shape index (κ2) is 6.63. The molecule has 0 saturated carbocycles. The Morgan fingerprint density at radius 2 is 1.77 bits per heavy atom. The van der Waals surface area contributed by atoms with Crippen LogP contribution in [0.25, 0.3) is 0 Å². The summed E-state index contributed by atoms with van der Waals surface area (Å²) in [6.45, 7) is 6.53. The van der Waals surface area contributed by atoms with Crippen LogP contribution in [0.2, 0.25) is 0 Å². The highest BCUT2D eigenvalue weighted by atomic mass is 16.2. The van der Waals surface area contributed by atoms with E-state index < -0.39 is 17.8 Å². The van der Waals surface area contributed by atoms with E-state index in [0.29, 0.717) is 12.4 Å². The van der Waals surface area contributed by atoms with E-state index in [-0.39, 0.29) is 19.0 Å². The molecule has 0 atom stereocenters. The molecule has 1 aromatic rings. The van der Waals surface area contributed by atoms with Crippen molar-refractivity contribution in [2.75, 3.05) is 6.54 Å². The summed E-state index contributed by atoms with van der Waals surface area (Å²) in [5, 5.41) is 11.2. The molecule has 0 aliphatic carbocycles. The summed E-state index contributed by atoms with van der Waals surface area (Å²) in [6, 6.07) is -0.603. The lowest BCUT2D eigenvalue weighted by Crippen LogP contribution is -2.35. The molecule has 0 N–H and O–H groups in total. The van der Waals surface area contributed by atoms with Crippen LogP contribution in [0, 0.1) is 5.92 Å². The smallest absolute Gasteiger partial charge is 0.263 e. The Bertz CT molecular complexity index is 582. The van der Waals surface area contributed by atoms with Crippen LogP contribution in [0.15, 0.2) is 0 Å². The average Bonchev–Trinajstić information content (AvgIpc) is 2.99. The van der Waals surface area contributed by atoms with E-state index in [1.165, 1.54) is 0 Å². The molecule has 1 aliphatic heterocycles. The molecule has 1 fully saturated rings. The number of aromatic nitrogens is 4. The van der Waals surface area contributed by atoms with Crippen molar-refractivity contribution < 1.29 is 14.4 Å². The number of carbonyl (C=O) groups excluding carboxylic acids is 3. The van der Waals surface area contributed by atoms with Gasteiger partial charge in [-0.25, -0.2) is 14.4 Å². The minimum atomic E-state index is -0.823. The van der Waals surface area contributed by atoms with E-state index in [2.05, 4.69) is 15.5 Å². The van der Waals surface area contributed by atoms with Crippen molar-refractivity contribution in [2.45, 2.75) is 46.7 Å².